The normalized spacial score (nSPS) is 18.6. The van der Waals surface area contributed by atoms with Crippen molar-refractivity contribution < 1.29 is 18.6 Å². The number of ether oxygens (including phenoxy) is 1. The molecule has 0 atom stereocenters. The van der Waals surface area contributed by atoms with E-state index in [1.807, 2.05) is 0 Å². The Balaban J connectivity index is 2.13. The number of benzene rings is 1. The lowest BCUT2D eigenvalue weighted by Gasteiger charge is -2.40. The quantitative estimate of drug-likeness (QED) is 0.826. The molecule has 1 heterocycles. The van der Waals surface area contributed by atoms with E-state index in [0.717, 1.165) is 6.07 Å². The van der Waals surface area contributed by atoms with Gasteiger partial charge in [0.05, 0.1) is 19.8 Å². The van der Waals surface area contributed by atoms with Gasteiger partial charge >= 0.3 is 0 Å². The fourth-order valence-electron chi connectivity index (χ4n) is 1.72. The minimum atomic E-state index is -0.846. The van der Waals surface area contributed by atoms with Gasteiger partial charge in [0.15, 0.2) is 11.6 Å². The average molecular weight is 214 g/mol. The maximum atomic E-state index is 12.9. The molecule has 1 aliphatic rings. The van der Waals surface area contributed by atoms with E-state index >= 15 is 0 Å². The Morgan fingerprint density at radius 3 is 2.47 bits per heavy atom. The van der Waals surface area contributed by atoms with Crippen LogP contribution in [0.1, 0.15) is 5.56 Å². The molecule has 0 radical (unpaired) electrons. The van der Waals surface area contributed by atoms with Crippen molar-refractivity contribution in [2.75, 3.05) is 19.8 Å². The van der Waals surface area contributed by atoms with Gasteiger partial charge in [0.2, 0.25) is 0 Å². The topological polar surface area (TPSA) is 29.5 Å². The molecule has 0 aliphatic carbocycles. The largest absolute Gasteiger partial charge is 0.396 e. The molecule has 1 fully saturated rings. The Bertz CT molecular complexity index is 356. The highest BCUT2D eigenvalue weighted by molar-refractivity contribution is 5.20. The van der Waals surface area contributed by atoms with Crippen LogP contribution in [-0.2, 0) is 11.2 Å². The molecular weight excluding hydrogens is 202 g/mol. The average Bonchev–Trinajstić information content (AvgIpc) is 2.17. The summed E-state index contributed by atoms with van der Waals surface area (Å²) in [5.41, 5.74) is 0.385. The highest BCUT2D eigenvalue weighted by Crippen LogP contribution is 2.31. The molecule has 1 aromatic carbocycles. The fraction of sp³-hybridized carbons (Fsp3) is 0.455. The summed E-state index contributed by atoms with van der Waals surface area (Å²) in [5.74, 6) is -1.69. The van der Waals surface area contributed by atoms with Gasteiger partial charge in [0, 0.05) is 5.41 Å². The Morgan fingerprint density at radius 2 is 2.00 bits per heavy atom. The van der Waals surface area contributed by atoms with Gasteiger partial charge in [0.25, 0.3) is 0 Å². The molecule has 0 aromatic heterocycles. The Morgan fingerprint density at radius 1 is 1.27 bits per heavy atom. The van der Waals surface area contributed by atoms with Crippen molar-refractivity contribution >= 4 is 0 Å². The van der Waals surface area contributed by atoms with Gasteiger partial charge in [-0.15, -0.1) is 0 Å². The van der Waals surface area contributed by atoms with E-state index in [-0.39, 0.29) is 12.0 Å². The van der Waals surface area contributed by atoms with Gasteiger partial charge in [-0.2, -0.15) is 0 Å². The van der Waals surface area contributed by atoms with Crippen LogP contribution in [0.4, 0.5) is 8.78 Å². The first-order valence-electron chi connectivity index (χ1n) is 4.78. The van der Waals surface area contributed by atoms with Crippen molar-refractivity contribution in [1.29, 1.82) is 0 Å². The van der Waals surface area contributed by atoms with E-state index in [9.17, 15) is 13.9 Å². The van der Waals surface area contributed by atoms with Crippen molar-refractivity contribution in [3.05, 3.63) is 35.4 Å². The second-order valence-electron chi connectivity index (χ2n) is 4.08. The van der Waals surface area contributed by atoms with Crippen LogP contribution >= 0.6 is 0 Å². The molecule has 1 saturated heterocycles. The van der Waals surface area contributed by atoms with Crippen LogP contribution < -0.4 is 0 Å². The zero-order valence-electron chi connectivity index (χ0n) is 8.17. The Labute approximate surface area is 86.5 Å². The van der Waals surface area contributed by atoms with Gasteiger partial charge < -0.3 is 9.84 Å². The maximum Gasteiger partial charge on any atom is 0.159 e. The molecule has 82 valence electrons. The summed E-state index contributed by atoms with van der Waals surface area (Å²) < 4.78 is 30.6. The molecule has 0 saturated carbocycles. The van der Waals surface area contributed by atoms with E-state index in [4.69, 9.17) is 4.74 Å². The highest BCUT2D eigenvalue weighted by Gasteiger charge is 2.38. The summed E-state index contributed by atoms with van der Waals surface area (Å²) in [6, 6.07) is 3.81. The van der Waals surface area contributed by atoms with Crippen molar-refractivity contribution in [1.82, 2.24) is 0 Å². The summed E-state index contributed by atoms with van der Waals surface area (Å²) in [7, 11) is 0. The van der Waals surface area contributed by atoms with Crippen molar-refractivity contribution in [3.63, 3.8) is 0 Å². The Hall–Kier alpha value is -1.00. The van der Waals surface area contributed by atoms with Gasteiger partial charge in [-0.25, -0.2) is 8.78 Å². The zero-order chi connectivity index (χ0) is 10.9. The molecule has 2 nitrogen and oxygen atoms in total. The lowest BCUT2D eigenvalue weighted by Crippen LogP contribution is -2.47. The lowest BCUT2D eigenvalue weighted by atomic mass is 9.80. The summed E-state index contributed by atoms with van der Waals surface area (Å²) in [6.07, 6.45) is 0.515. The first-order chi connectivity index (χ1) is 7.15. The molecule has 15 heavy (non-hydrogen) atoms. The standard InChI is InChI=1S/C11H12F2O2/c12-9-2-1-8(3-10(9)13)4-11(5-14)6-15-7-11/h1-3,14H,4-7H2. The molecule has 0 bridgehead atoms. The van der Waals surface area contributed by atoms with Crippen LogP contribution in [0, 0.1) is 17.0 Å². The molecule has 0 amide bonds. The predicted molar refractivity (Wildman–Crippen MR) is 50.4 cm³/mol. The minimum Gasteiger partial charge on any atom is -0.396 e. The number of hydrogen-bond acceptors (Lipinski definition) is 2. The SMILES string of the molecule is OCC1(Cc2ccc(F)c(F)c2)COC1. The summed E-state index contributed by atoms with van der Waals surface area (Å²) in [4.78, 5) is 0. The van der Waals surface area contributed by atoms with Gasteiger partial charge in [-0.05, 0) is 24.1 Å². The van der Waals surface area contributed by atoms with E-state index in [1.54, 1.807) is 0 Å². The molecule has 1 N–H and O–H groups in total. The van der Waals surface area contributed by atoms with Crippen LogP contribution in [0.5, 0.6) is 0 Å². The van der Waals surface area contributed by atoms with Crippen LogP contribution in [0.15, 0.2) is 18.2 Å². The van der Waals surface area contributed by atoms with Gasteiger partial charge in [-0.3, -0.25) is 0 Å². The third kappa shape index (κ3) is 2.01. The van der Waals surface area contributed by atoms with Crippen molar-refractivity contribution in [3.8, 4) is 0 Å². The van der Waals surface area contributed by atoms with Crippen molar-refractivity contribution in [2.24, 2.45) is 5.41 Å². The molecule has 2 rings (SSSR count). The number of hydrogen-bond donors (Lipinski definition) is 1. The van der Waals surface area contributed by atoms with Gasteiger partial charge in [0.1, 0.15) is 0 Å². The summed E-state index contributed by atoms with van der Waals surface area (Å²) >= 11 is 0. The van der Waals surface area contributed by atoms with Crippen LogP contribution in [0.25, 0.3) is 0 Å². The molecular formula is C11H12F2O2. The second-order valence-corrected chi connectivity index (χ2v) is 4.08. The van der Waals surface area contributed by atoms with E-state index in [2.05, 4.69) is 0 Å². The monoisotopic (exact) mass is 214 g/mol. The minimum absolute atomic E-state index is 0.00595. The van der Waals surface area contributed by atoms with Crippen LogP contribution in [-0.4, -0.2) is 24.9 Å². The zero-order valence-corrected chi connectivity index (χ0v) is 8.17. The summed E-state index contributed by atoms with van der Waals surface area (Å²) in [6.45, 7) is 0.955. The molecule has 1 aromatic rings. The highest BCUT2D eigenvalue weighted by atomic mass is 19.2. The number of aliphatic hydroxyl groups is 1. The molecule has 0 unspecified atom stereocenters. The van der Waals surface area contributed by atoms with Crippen LogP contribution in [0.3, 0.4) is 0 Å². The number of halogens is 2. The third-order valence-corrected chi connectivity index (χ3v) is 2.72. The third-order valence-electron chi connectivity index (χ3n) is 2.72. The smallest absolute Gasteiger partial charge is 0.159 e. The van der Waals surface area contributed by atoms with E-state index in [1.165, 1.54) is 12.1 Å². The fourth-order valence-corrected chi connectivity index (χ4v) is 1.72. The first kappa shape index (κ1) is 10.5. The second kappa shape index (κ2) is 3.87. The lowest BCUT2D eigenvalue weighted by molar-refractivity contribution is -0.136. The van der Waals surface area contributed by atoms with E-state index < -0.39 is 11.6 Å². The number of aliphatic hydroxyl groups excluding tert-OH is 1. The first-order valence-corrected chi connectivity index (χ1v) is 4.78. The molecule has 4 heteroatoms. The summed E-state index contributed by atoms with van der Waals surface area (Å²) in [5, 5.41) is 9.17. The Kier molecular flexibility index (Phi) is 2.71. The van der Waals surface area contributed by atoms with E-state index in [0.29, 0.717) is 25.2 Å². The maximum absolute atomic E-state index is 12.9. The van der Waals surface area contributed by atoms with Crippen LogP contribution in [0.2, 0.25) is 0 Å². The van der Waals surface area contributed by atoms with Gasteiger partial charge in [-0.1, -0.05) is 6.07 Å². The predicted octanol–water partition coefficient (Wildman–Crippen LogP) is 1.52. The van der Waals surface area contributed by atoms with Crippen molar-refractivity contribution in [2.45, 2.75) is 6.42 Å². The molecule has 0 spiro atoms. The number of rotatable bonds is 3. The molecule has 1 aliphatic heterocycles.